The van der Waals surface area contributed by atoms with Crippen LogP contribution < -0.4 is 10.6 Å². The highest BCUT2D eigenvalue weighted by molar-refractivity contribution is 14.0. The van der Waals surface area contributed by atoms with Gasteiger partial charge >= 0.3 is 0 Å². The van der Waals surface area contributed by atoms with Gasteiger partial charge in [-0.1, -0.05) is 19.3 Å². The Labute approximate surface area is 186 Å². The van der Waals surface area contributed by atoms with Crippen LogP contribution in [0.4, 0.5) is 0 Å². The van der Waals surface area contributed by atoms with Gasteiger partial charge in [0.25, 0.3) is 0 Å². The highest BCUT2D eigenvalue weighted by Crippen LogP contribution is 2.17. The van der Waals surface area contributed by atoms with Gasteiger partial charge < -0.3 is 24.7 Å². The molecule has 28 heavy (non-hydrogen) atoms. The van der Waals surface area contributed by atoms with E-state index in [4.69, 9.17) is 14.1 Å². The summed E-state index contributed by atoms with van der Waals surface area (Å²) in [5.74, 6) is 1.99. The minimum Gasteiger partial charge on any atom is -0.469 e. The third-order valence-corrected chi connectivity index (χ3v) is 5.69. The SMILES string of the molecule is COCCN1CCC(NC(=NCCc2ccco2)NC2CCCCC2)CC1.I. The summed E-state index contributed by atoms with van der Waals surface area (Å²) in [6.07, 6.45) is 11.4. The summed E-state index contributed by atoms with van der Waals surface area (Å²) in [6.45, 7) is 4.87. The Hall–Kier alpha value is -0.800. The lowest BCUT2D eigenvalue weighted by molar-refractivity contribution is 0.128. The molecule has 7 heteroatoms. The van der Waals surface area contributed by atoms with Crippen LogP contribution in [0.15, 0.2) is 27.8 Å². The molecule has 1 aliphatic heterocycles. The van der Waals surface area contributed by atoms with Crippen molar-refractivity contribution in [2.75, 3.05) is 39.9 Å². The van der Waals surface area contributed by atoms with Crippen molar-refractivity contribution >= 4 is 29.9 Å². The van der Waals surface area contributed by atoms with Gasteiger partial charge in [-0.3, -0.25) is 4.99 Å². The molecule has 0 aromatic carbocycles. The lowest BCUT2D eigenvalue weighted by atomic mass is 9.95. The number of guanidine groups is 1. The lowest BCUT2D eigenvalue weighted by Gasteiger charge is -2.34. The first-order valence-electron chi connectivity index (χ1n) is 10.6. The first-order chi connectivity index (χ1) is 13.3. The molecule has 160 valence electrons. The van der Waals surface area contributed by atoms with Gasteiger partial charge in [0.1, 0.15) is 5.76 Å². The first-order valence-corrected chi connectivity index (χ1v) is 10.6. The van der Waals surface area contributed by atoms with Gasteiger partial charge in [-0.25, -0.2) is 0 Å². The van der Waals surface area contributed by atoms with Gasteiger partial charge in [0.15, 0.2) is 5.96 Å². The van der Waals surface area contributed by atoms with Crippen LogP contribution in [0.1, 0.15) is 50.7 Å². The highest BCUT2D eigenvalue weighted by atomic mass is 127. The molecule has 6 nitrogen and oxygen atoms in total. The highest BCUT2D eigenvalue weighted by Gasteiger charge is 2.21. The van der Waals surface area contributed by atoms with Crippen LogP contribution in [0.25, 0.3) is 0 Å². The Morgan fingerprint density at radius 2 is 1.86 bits per heavy atom. The number of likely N-dealkylation sites (tertiary alicyclic amines) is 1. The molecule has 2 aliphatic rings. The number of furan rings is 1. The van der Waals surface area contributed by atoms with Crippen LogP contribution in [-0.4, -0.2) is 62.8 Å². The van der Waals surface area contributed by atoms with Crippen molar-refractivity contribution in [3.8, 4) is 0 Å². The molecule has 0 bridgehead atoms. The molecule has 2 heterocycles. The minimum atomic E-state index is 0. The smallest absolute Gasteiger partial charge is 0.191 e. The van der Waals surface area contributed by atoms with E-state index in [9.17, 15) is 0 Å². The van der Waals surface area contributed by atoms with E-state index in [1.165, 1.54) is 32.1 Å². The number of halogens is 1. The van der Waals surface area contributed by atoms with E-state index in [2.05, 4.69) is 15.5 Å². The molecule has 0 amide bonds. The fourth-order valence-corrected chi connectivity index (χ4v) is 4.02. The number of nitrogens with one attached hydrogen (secondary N) is 2. The average Bonchev–Trinajstić information content (AvgIpc) is 3.22. The van der Waals surface area contributed by atoms with Crippen LogP contribution in [0.5, 0.6) is 0 Å². The summed E-state index contributed by atoms with van der Waals surface area (Å²) in [7, 11) is 1.77. The van der Waals surface area contributed by atoms with E-state index in [0.717, 1.165) is 63.8 Å². The van der Waals surface area contributed by atoms with E-state index in [1.54, 1.807) is 13.4 Å². The third-order valence-electron chi connectivity index (χ3n) is 5.69. The topological polar surface area (TPSA) is 62.0 Å². The van der Waals surface area contributed by atoms with Gasteiger partial charge in [-0.05, 0) is 37.8 Å². The van der Waals surface area contributed by atoms with Crippen LogP contribution in [-0.2, 0) is 11.2 Å². The van der Waals surface area contributed by atoms with Crippen molar-refractivity contribution in [1.82, 2.24) is 15.5 Å². The van der Waals surface area contributed by atoms with Gasteiger partial charge in [0.2, 0.25) is 0 Å². The number of hydrogen-bond acceptors (Lipinski definition) is 4. The number of nitrogens with zero attached hydrogens (tertiary/aromatic N) is 2. The molecule has 0 atom stereocenters. The number of rotatable bonds is 8. The molecule has 2 N–H and O–H groups in total. The Morgan fingerprint density at radius 1 is 1.14 bits per heavy atom. The molecule has 3 rings (SSSR count). The van der Waals surface area contributed by atoms with Crippen molar-refractivity contribution in [1.29, 1.82) is 0 Å². The van der Waals surface area contributed by atoms with Gasteiger partial charge in [-0.2, -0.15) is 0 Å². The van der Waals surface area contributed by atoms with E-state index < -0.39 is 0 Å². The molecule has 1 aromatic rings. The van der Waals surface area contributed by atoms with Gasteiger partial charge in [-0.15, -0.1) is 24.0 Å². The van der Waals surface area contributed by atoms with E-state index >= 15 is 0 Å². The minimum absolute atomic E-state index is 0. The van der Waals surface area contributed by atoms with Crippen LogP contribution >= 0.6 is 24.0 Å². The molecule has 0 unspecified atom stereocenters. The number of hydrogen-bond donors (Lipinski definition) is 2. The Balaban J connectivity index is 0.00000280. The largest absolute Gasteiger partial charge is 0.469 e. The van der Waals surface area contributed by atoms with Crippen molar-refractivity contribution < 1.29 is 9.15 Å². The average molecular weight is 504 g/mol. The number of piperidine rings is 1. The molecule has 0 radical (unpaired) electrons. The molecular formula is C21H37IN4O2. The fourth-order valence-electron chi connectivity index (χ4n) is 4.02. The van der Waals surface area contributed by atoms with Crippen molar-refractivity contribution in [3.05, 3.63) is 24.2 Å². The monoisotopic (exact) mass is 504 g/mol. The van der Waals surface area contributed by atoms with E-state index in [0.29, 0.717) is 12.1 Å². The maximum atomic E-state index is 5.43. The summed E-state index contributed by atoms with van der Waals surface area (Å²) >= 11 is 0. The molecular weight excluding hydrogens is 467 g/mol. The van der Waals surface area contributed by atoms with Gasteiger partial charge in [0.05, 0.1) is 12.9 Å². The zero-order valence-corrected chi connectivity index (χ0v) is 19.5. The Kier molecular flexibility index (Phi) is 11.3. The molecule has 1 saturated heterocycles. The van der Waals surface area contributed by atoms with Crippen LogP contribution in [0.3, 0.4) is 0 Å². The van der Waals surface area contributed by atoms with Crippen molar-refractivity contribution in [3.63, 3.8) is 0 Å². The molecule has 1 saturated carbocycles. The zero-order valence-electron chi connectivity index (χ0n) is 17.2. The molecule has 2 fully saturated rings. The summed E-state index contributed by atoms with van der Waals surface area (Å²) in [5.41, 5.74) is 0. The quantitative estimate of drug-likeness (QED) is 0.323. The second-order valence-corrected chi connectivity index (χ2v) is 7.79. The van der Waals surface area contributed by atoms with Crippen molar-refractivity contribution in [2.24, 2.45) is 4.99 Å². The third kappa shape index (κ3) is 8.29. The second kappa shape index (κ2) is 13.4. The lowest BCUT2D eigenvalue weighted by Crippen LogP contribution is -2.51. The van der Waals surface area contributed by atoms with Gasteiger partial charge in [0, 0.05) is 51.8 Å². The zero-order chi connectivity index (χ0) is 18.7. The number of ether oxygens (including phenoxy) is 1. The number of methoxy groups -OCH3 is 1. The predicted octanol–water partition coefficient (Wildman–Crippen LogP) is 3.42. The summed E-state index contributed by atoms with van der Waals surface area (Å²) in [5, 5.41) is 7.41. The first kappa shape index (κ1) is 23.5. The summed E-state index contributed by atoms with van der Waals surface area (Å²) in [4.78, 5) is 7.35. The molecule has 1 aliphatic carbocycles. The normalized spacial score (nSPS) is 20.0. The maximum Gasteiger partial charge on any atom is 0.191 e. The van der Waals surface area contributed by atoms with E-state index in [-0.39, 0.29) is 24.0 Å². The standard InChI is InChI=1S/C21H36N4O2.HI/c1-26-17-15-25-13-10-19(11-14-25)24-21(23-18-6-3-2-4-7-18)22-12-9-20-8-5-16-27-20;/h5,8,16,18-19H,2-4,6-7,9-15,17H2,1H3,(H2,22,23,24);1H. The Morgan fingerprint density at radius 3 is 2.50 bits per heavy atom. The van der Waals surface area contributed by atoms with E-state index in [1.807, 2.05) is 12.1 Å². The fraction of sp³-hybridized carbons (Fsp3) is 0.762. The Bertz CT molecular complexity index is 539. The molecule has 1 aromatic heterocycles. The summed E-state index contributed by atoms with van der Waals surface area (Å²) < 4.78 is 10.6. The van der Waals surface area contributed by atoms with Crippen LogP contribution in [0.2, 0.25) is 0 Å². The maximum absolute atomic E-state index is 5.43. The predicted molar refractivity (Wildman–Crippen MR) is 125 cm³/mol. The second-order valence-electron chi connectivity index (χ2n) is 7.79. The molecule has 0 spiro atoms. The van der Waals surface area contributed by atoms with Crippen molar-refractivity contribution in [2.45, 2.75) is 63.5 Å². The number of aliphatic imine (C=N–C) groups is 1. The summed E-state index contributed by atoms with van der Waals surface area (Å²) in [6, 6.07) is 5.03. The van der Waals surface area contributed by atoms with Crippen LogP contribution in [0, 0.1) is 0 Å².